The fourth-order valence-electron chi connectivity index (χ4n) is 1.83. The number of benzene rings is 1. The number of amides is 1. The molecule has 0 aliphatic carbocycles. The summed E-state index contributed by atoms with van der Waals surface area (Å²) in [4.78, 5) is 12.0. The third-order valence-corrected chi connectivity index (χ3v) is 4.24. The van der Waals surface area contributed by atoms with Crippen LogP contribution in [0.15, 0.2) is 23.4 Å². The second-order valence-electron chi connectivity index (χ2n) is 6.00. The molecule has 0 fully saturated rings. The number of carbonyl (C=O) groups is 1. The topological polar surface area (TPSA) is 96.5 Å². The molecule has 0 saturated heterocycles. The van der Waals surface area contributed by atoms with E-state index in [1.807, 2.05) is 26.8 Å². The van der Waals surface area contributed by atoms with Gasteiger partial charge in [0.25, 0.3) is 0 Å². The van der Waals surface area contributed by atoms with Gasteiger partial charge in [-0.05, 0) is 49.4 Å². The molecule has 0 aliphatic rings. The molecule has 1 N–H and O–H groups in total. The summed E-state index contributed by atoms with van der Waals surface area (Å²) in [5.74, 6) is 0.407. The monoisotopic (exact) mass is 364 g/mol. The molecule has 7 nitrogen and oxygen atoms in total. The number of rotatable bonds is 5. The number of nitrogens with zero attached hydrogens (tertiary/aromatic N) is 5. The molecular formula is C15H17ClN6OS. The Hall–Kier alpha value is -2.11. The molecular weight excluding hydrogens is 348 g/mol. The highest BCUT2D eigenvalue weighted by Crippen LogP contribution is 2.23. The lowest BCUT2D eigenvalue weighted by molar-refractivity contribution is -0.115. The van der Waals surface area contributed by atoms with Crippen molar-refractivity contribution in [2.24, 2.45) is 0 Å². The quantitative estimate of drug-likeness (QED) is 0.819. The summed E-state index contributed by atoms with van der Waals surface area (Å²) in [6.07, 6.45) is 0.305. The first-order valence-corrected chi connectivity index (χ1v) is 8.59. The summed E-state index contributed by atoms with van der Waals surface area (Å²) in [5.41, 5.74) is 0.723. The predicted molar refractivity (Wildman–Crippen MR) is 93.0 cm³/mol. The van der Waals surface area contributed by atoms with E-state index in [4.69, 9.17) is 16.9 Å². The summed E-state index contributed by atoms with van der Waals surface area (Å²) in [6.45, 7) is 6.03. The van der Waals surface area contributed by atoms with Crippen molar-refractivity contribution < 1.29 is 4.79 Å². The third kappa shape index (κ3) is 4.69. The van der Waals surface area contributed by atoms with E-state index < -0.39 is 0 Å². The van der Waals surface area contributed by atoms with Crippen LogP contribution >= 0.6 is 23.4 Å². The van der Waals surface area contributed by atoms with Gasteiger partial charge in [0, 0.05) is 17.9 Å². The predicted octanol–water partition coefficient (Wildman–Crippen LogP) is 3.07. The van der Waals surface area contributed by atoms with Crippen LogP contribution in [0.1, 0.15) is 32.8 Å². The minimum Gasteiger partial charge on any atom is -0.326 e. The molecule has 0 bridgehead atoms. The number of carbonyl (C=O) groups excluding carboxylic acids is 1. The molecule has 9 heteroatoms. The Morgan fingerprint density at radius 3 is 2.83 bits per heavy atom. The summed E-state index contributed by atoms with van der Waals surface area (Å²) in [7, 11) is 0. The van der Waals surface area contributed by atoms with Gasteiger partial charge in [0.05, 0.1) is 16.1 Å². The van der Waals surface area contributed by atoms with Crippen LogP contribution in [0.3, 0.4) is 0 Å². The molecule has 0 spiro atoms. The molecule has 0 saturated carbocycles. The standard InChI is InChI=1S/C15H17ClN6OS/c1-15(2,3)22-14(19-20-21-22)24-7-6-13(23)18-11-5-4-10(9-17)12(16)8-11/h4-5,8H,6-7H2,1-3H3,(H,18,23). The second-order valence-corrected chi connectivity index (χ2v) is 7.47. The van der Waals surface area contributed by atoms with E-state index >= 15 is 0 Å². The average Bonchev–Trinajstić information content (AvgIpc) is 2.96. The molecule has 24 heavy (non-hydrogen) atoms. The number of hydrogen-bond acceptors (Lipinski definition) is 6. The van der Waals surface area contributed by atoms with Crippen LogP contribution in [0.4, 0.5) is 5.69 Å². The lowest BCUT2D eigenvalue weighted by atomic mass is 10.1. The van der Waals surface area contributed by atoms with Gasteiger partial charge in [-0.1, -0.05) is 23.4 Å². The molecule has 0 atom stereocenters. The molecule has 1 aromatic carbocycles. The van der Waals surface area contributed by atoms with Crippen LogP contribution in [0.5, 0.6) is 0 Å². The largest absolute Gasteiger partial charge is 0.326 e. The highest BCUT2D eigenvalue weighted by molar-refractivity contribution is 7.99. The van der Waals surface area contributed by atoms with Gasteiger partial charge in [-0.25, -0.2) is 4.68 Å². The van der Waals surface area contributed by atoms with Gasteiger partial charge < -0.3 is 5.32 Å². The van der Waals surface area contributed by atoms with Crippen molar-refractivity contribution in [2.75, 3.05) is 11.1 Å². The first-order chi connectivity index (χ1) is 11.3. The Balaban J connectivity index is 1.87. The van der Waals surface area contributed by atoms with E-state index in [1.54, 1.807) is 22.9 Å². The Bertz CT molecular complexity index is 777. The smallest absolute Gasteiger partial charge is 0.225 e. The molecule has 2 rings (SSSR count). The normalized spacial score (nSPS) is 11.1. The molecule has 0 unspecified atom stereocenters. The van der Waals surface area contributed by atoms with Gasteiger partial charge >= 0.3 is 0 Å². The lowest BCUT2D eigenvalue weighted by Gasteiger charge is -2.19. The van der Waals surface area contributed by atoms with Crippen LogP contribution in [0.2, 0.25) is 5.02 Å². The van der Waals surface area contributed by atoms with E-state index in [0.717, 1.165) is 0 Å². The molecule has 126 valence electrons. The number of anilines is 1. The highest BCUT2D eigenvalue weighted by atomic mass is 35.5. The van der Waals surface area contributed by atoms with Gasteiger partial charge in [0.1, 0.15) is 6.07 Å². The average molecular weight is 365 g/mol. The molecule has 1 aromatic heterocycles. The van der Waals surface area contributed by atoms with Crippen LogP contribution in [-0.2, 0) is 10.3 Å². The molecule has 1 amide bonds. The van der Waals surface area contributed by atoms with Crippen LogP contribution in [0.25, 0.3) is 0 Å². The van der Waals surface area contributed by atoms with Crippen LogP contribution in [0, 0.1) is 11.3 Å². The maximum Gasteiger partial charge on any atom is 0.225 e. The zero-order valence-electron chi connectivity index (χ0n) is 13.6. The second kappa shape index (κ2) is 7.64. The number of halogens is 1. The molecule has 2 aromatic rings. The first kappa shape index (κ1) is 18.2. The summed E-state index contributed by atoms with van der Waals surface area (Å²) >= 11 is 7.37. The van der Waals surface area contributed by atoms with Crippen molar-refractivity contribution in [3.8, 4) is 6.07 Å². The van der Waals surface area contributed by atoms with E-state index in [9.17, 15) is 4.79 Å². The first-order valence-electron chi connectivity index (χ1n) is 7.22. The third-order valence-electron chi connectivity index (χ3n) is 3.01. The van der Waals surface area contributed by atoms with Crippen LogP contribution < -0.4 is 5.32 Å². The van der Waals surface area contributed by atoms with Gasteiger partial charge in [0.15, 0.2) is 0 Å². The molecule has 0 radical (unpaired) electrons. The Kier molecular flexibility index (Phi) is 5.80. The van der Waals surface area contributed by atoms with Crippen molar-refractivity contribution in [3.63, 3.8) is 0 Å². The summed E-state index contributed by atoms with van der Waals surface area (Å²) < 4.78 is 1.73. The lowest BCUT2D eigenvalue weighted by Crippen LogP contribution is -2.24. The zero-order chi connectivity index (χ0) is 17.7. The Morgan fingerprint density at radius 2 is 2.21 bits per heavy atom. The fourth-order valence-corrected chi connectivity index (χ4v) is 3.05. The number of nitriles is 1. The Labute approximate surface area is 149 Å². The van der Waals surface area contributed by atoms with E-state index in [1.165, 1.54) is 11.8 Å². The maximum atomic E-state index is 12.0. The number of hydrogen-bond donors (Lipinski definition) is 1. The van der Waals surface area contributed by atoms with E-state index in [2.05, 4.69) is 20.8 Å². The minimum absolute atomic E-state index is 0.141. The van der Waals surface area contributed by atoms with Crippen LogP contribution in [-0.4, -0.2) is 31.9 Å². The van der Waals surface area contributed by atoms with Gasteiger partial charge in [0.2, 0.25) is 11.1 Å². The number of aromatic nitrogens is 4. The van der Waals surface area contributed by atoms with E-state index in [-0.39, 0.29) is 11.4 Å². The number of thioether (sulfide) groups is 1. The molecule has 0 aliphatic heterocycles. The van der Waals surface area contributed by atoms with Crippen molar-refractivity contribution >= 4 is 35.0 Å². The van der Waals surface area contributed by atoms with Gasteiger partial charge in [-0.15, -0.1) is 5.10 Å². The molecule has 1 heterocycles. The summed E-state index contributed by atoms with van der Waals surface area (Å²) in [6, 6.07) is 6.76. The van der Waals surface area contributed by atoms with Gasteiger partial charge in [-0.3, -0.25) is 4.79 Å². The minimum atomic E-state index is -0.215. The Morgan fingerprint density at radius 1 is 1.46 bits per heavy atom. The van der Waals surface area contributed by atoms with E-state index in [0.29, 0.717) is 33.6 Å². The summed E-state index contributed by atoms with van der Waals surface area (Å²) in [5, 5.41) is 24.2. The van der Waals surface area contributed by atoms with Crippen molar-refractivity contribution in [1.82, 2.24) is 20.2 Å². The SMILES string of the molecule is CC(C)(C)n1nnnc1SCCC(=O)Nc1ccc(C#N)c(Cl)c1. The number of nitrogens with one attached hydrogen (secondary N) is 1. The van der Waals surface area contributed by atoms with Crippen molar-refractivity contribution in [3.05, 3.63) is 28.8 Å². The number of tetrazole rings is 1. The van der Waals surface area contributed by atoms with Gasteiger partial charge in [-0.2, -0.15) is 5.26 Å². The highest BCUT2D eigenvalue weighted by Gasteiger charge is 2.20. The zero-order valence-corrected chi connectivity index (χ0v) is 15.1. The van der Waals surface area contributed by atoms with Crippen molar-refractivity contribution in [1.29, 1.82) is 5.26 Å². The maximum absolute atomic E-state index is 12.0. The van der Waals surface area contributed by atoms with Crippen molar-refractivity contribution in [2.45, 2.75) is 37.9 Å². The fraction of sp³-hybridized carbons (Fsp3) is 0.400.